The van der Waals surface area contributed by atoms with Gasteiger partial charge in [-0.15, -0.1) is 0 Å². The monoisotopic (exact) mass is 448 g/mol. The molecule has 0 bridgehead atoms. The number of fused-ring (bicyclic) bond motifs is 1. The predicted molar refractivity (Wildman–Crippen MR) is 131 cm³/mol. The standard InChI is InChI=1S/C25H36N8/c1-4-32-22(13-14-26-32)18(2)27-23(20-11-7-5-8-12-20)21-17-33-25(28-21)29-24(19(3)30-33)31-15-9-6-10-16-31/h13-14,17,20,23,27H,2,4-12,15-16H2,1,3H3. The second kappa shape index (κ2) is 9.53. The van der Waals surface area contributed by atoms with E-state index in [1.54, 1.807) is 0 Å². The number of hydrogen-bond donors (Lipinski definition) is 1. The van der Waals surface area contributed by atoms with Crippen molar-refractivity contribution in [2.45, 2.75) is 77.8 Å². The van der Waals surface area contributed by atoms with Gasteiger partial charge in [0.2, 0.25) is 0 Å². The maximum Gasteiger partial charge on any atom is 0.252 e. The van der Waals surface area contributed by atoms with Crippen molar-refractivity contribution in [3.63, 3.8) is 0 Å². The van der Waals surface area contributed by atoms with Gasteiger partial charge >= 0.3 is 0 Å². The zero-order valence-electron chi connectivity index (χ0n) is 20.0. The largest absolute Gasteiger partial charge is 0.375 e. The van der Waals surface area contributed by atoms with Gasteiger partial charge in [0.25, 0.3) is 5.78 Å². The first-order valence-corrected chi connectivity index (χ1v) is 12.6. The Labute approximate surface area is 196 Å². The molecule has 5 rings (SSSR count). The Morgan fingerprint density at radius 3 is 2.64 bits per heavy atom. The highest BCUT2D eigenvalue weighted by atomic mass is 15.3. The number of nitrogens with zero attached hydrogens (tertiary/aromatic N) is 7. The Morgan fingerprint density at radius 2 is 1.88 bits per heavy atom. The molecule has 3 aromatic rings. The van der Waals surface area contributed by atoms with Crippen LogP contribution in [0.1, 0.15) is 81.4 Å². The molecule has 33 heavy (non-hydrogen) atoms. The SMILES string of the molecule is C=C(NC(c1cn2nc(C)c(N3CCCCC3)nc2n1)C1CCCCC1)c1ccnn1CC. The fourth-order valence-corrected chi connectivity index (χ4v) is 5.47. The number of aryl methyl sites for hydroxylation is 2. The van der Waals surface area contributed by atoms with Gasteiger partial charge in [-0.1, -0.05) is 25.8 Å². The molecule has 1 saturated heterocycles. The van der Waals surface area contributed by atoms with E-state index in [1.165, 1.54) is 51.4 Å². The van der Waals surface area contributed by atoms with Crippen LogP contribution in [0.4, 0.5) is 5.82 Å². The summed E-state index contributed by atoms with van der Waals surface area (Å²) in [5, 5.41) is 13.0. The first kappa shape index (κ1) is 21.9. The van der Waals surface area contributed by atoms with Gasteiger partial charge in [0.05, 0.1) is 29.3 Å². The molecule has 0 aromatic carbocycles. The molecule has 3 aromatic heterocycles. The van der Waals surface area contributed by atoms with Crippen LogP contribution in [-0.2, 0) is 6.54 Å². The minimum absolute atomic E-state index is 0.0836. The minimum atomic E-state index is 0.0836. The van der Waals surface area contributed by atoms with Crippen LogP contribution in [0.25, 0.3) is 11.5 Å². The van der Waals surface area contributed by atoms with Gasteiger partial charge in [0.1, 0.15) is 5.69 Å². The highest BCUT2D eigenvalue weighted by Crippen LogP contribution is 2.35. The molecule has 176 valence electrons. The summed E-state index contributed by atoms with van der Waals surface area (Å²) < 4.78 is 3.84. The number of nitrogens with one attached hydrogen (secondary N) is 1. The maximum absolute atomic E-state index is 5.00. The molecule has 0 spiro atoms. The number of piperidine rings is 1. The van der Waals surface area contributed by atoms with Gasteiger partial charge in [-0.3, -0.25) is 4.68 Å². The van der Waals surface area contributed by atoms with Crippen molar-refractivity contribution < 1.29 is 0 Å². The summed E-state index contributed by atoms with van der Waals surface area (Å²) in [4.78, 5) is 12.3. The summed E-state index contributed by atoms with van der Waals surface area (Å²) >= 11 is 0. The van der Waals surface area contributed by atoms with Gasteiger partial charge in [-0.05, 0) is 57.9 Å². The topological polar surface area (TPSA) is 76.2 Å². The van der Waals surface area contributed by atoms with E-state index in [0.717, 1.165) is 48.2 Å². The quantitative estimate of drug-likeness (QED) is 0.573. The summed E-state index contributed by atoms with van der Waals surface area (Å²) in [5.41, 5.74) is 3.89. The zero-order valence-corrected chi connectivity index (χ0v) is 20.0. The summed E-state index contributed by atoms with van der Waals surface area (Å²) in [5.74, 6) is 2.18. The first-order valence-electron chi connectivity index (χ1n) is 12.6. The fourth-order valence-electron chi connectivity index (χ4n) is 5.47. The highest BCUT2D eigenvalue weighted by Gasteiger charge is 2.29. The molecule has 1 atom stereocenters. The Morgan fingerprint density at radius 1 is 1.12 bits per heavy atom. The molecular formula is C25H36N8. The van der Waals surface area contributed by atoms with Crippen LogP contribution in [-0.4, -0.2) is 42.5 Å². The Bertz CT molecular complexity index is 1100. The van der Waals surface area contributed by atoms with Crippen LogP contribution < -0.4 is 10.2 Å². The lowest BCUT2D eigenvalue weighted by molar-refractivity contribution is 0.286. The molecule has 1 saturated carbocycles. The van der Waals surface area contributed by atoms with E-state index in [-0.39, 0.29) is 6.04 Å². The van der Waals surface area contributed by atoms with Gasteiger partial charge in [0, 0.05) is 25.8 Å². The van der Waals surface area contributed by atoms with Crippen LogP contribution in [0.5, 0.6) is 0 Å². The van der Waals surface area contributed by atoms with Crippen molar-refractivity contribution in [1.82, 2.24) is 34.7 Å². The fraction of sp³-hybridized carbons (Fsp3) is 0.600. The molecule has 4 heterocycles. The second-order valence-electron chi connectivity index (χ2n) is 9.51. The molecule has 8 nitrogen and oxygen atoms in total. The number of hydrogen-bond acceptors (Lipinski definition) is 6. The van der Waals surface area contributed by atoms with Crippen LogP contribution >= 0.6 is 0 Å². The lowest BCUT2D eigenvalue weighted by Gasteiger charge is -2.31. The normalized spacial score (nSPS) is 18.5. The van der Waals surface area contributed by atoms with Crippen LogP contribution in [0.15, 0.2) is 25.0 Å². The van der Waals surface area contributed by atoms with Crippen LogP contribution in [0, 0.1) is 12.8 Å². The molecule has 2 fully saturated rings. The second-order valence-corrected chi connectivity index (χ2v) is 9.51. The van der Waals surface area contributed by atoms with Crippen LogP contribution in [0.3, 0.4) is 0 Å². The number of rotatable bonds is 7. The summed E-state index contributed by atoms with van der Waals surface area (Å²) in [6.45, 7) is 11.4. The lowest BCUT2D eigenvalue weighted by atomic mass is 9.82. The number of anilines is 1. The Balaban J connectivity index is 1.47. The number of aromatic nitrogens is 6. The van der Waals surface area contributed by atoms with Gasteiger partial charge in [-0.2, -0.15) is 15.2 Å². The minimum Gasteiger partial charge on any atom is -0.375 e. The third-order valence-electron chi connectivity index (χ3n) is 7.23. The van der Waals surface area contributed by atoms with Crippen molar-refractivity contribution >= 4 is 17.3 Å². The highest BCUT2D eigenvalue weighted by molar-refractivity contribution is 5.59. The van der Waals surface area contributed by atoms with E-state index in [2.05, 4.69) is 41.9 Å². The van der Waals surface area contributed by atoms with E-state index < -0.39 is 0 Å². The Kier molecular flexibility index (Phi) is 6.33. The van der Waals surface area contributed by atoms with E-state index in [1.807, 2.05) is 21.5 Å². The van der Waals surface area contributed by atoms with Crippen molar-refractivity contribution in [1.29, 1.82) is 0 Å². The smallest absolute Gasteiger partial charge is 0.252 e. The average Bonchev–Trinajstić information content (AvgIpc) is 3.49. The Hall–Kier alpha value is -2.90. The van der Waals surface area contributed by atoms with E-state index in [0.29, 0.717) is 11.7 Å². The van der Waals surface area contributed by atoms with Crippen molar-refractivity contribution in [3.05, 3.63) is 42.1 Å². The zero-order chi connectivity index (χ0) is 22.8. The van der Waals surface area contributed by atoms with Crippen molar-refractivity contribution in [2.75, 3.05) is 18.0 Å². The van der Waals surface area contributed by atoms with Crippen molar-refractivity contribution in [3.8, 4) is 0 Å². The van der Waals surface area contributed by atoms with Gasteiger partial charge < -0.3 is 10.2 Å². The summed E-state index contributed by atoms with van der Waals surface area (Å²) in [7, 11) is 0. The molecule has 1 aliphatic heterocycles. The predicted octanol–water partition coefficient (Wildman–Crippen LogP) is 4.52. The molecule has 8 heteroatoms. The number of imidazole rings is 1. The lowest BCUT2D eigenvalue weighted by Crippen LogP contribution is -2.31. The average molecular weight is 449 g/mol. The van der Waals surface area contributed by atoms with Gasteiger partial charge in [-0.25, -0.2) is 9.50 Å². The summed E-state index contributed by atoms with van der Waals surface area (Å²) in [6.07, 6.45) is 13.9. The van der Waals surface area contributed by atoms with E-state index in [9.17, 15) is 0 Å². The van der Waals surface area contributed by atoms with E-state index in [4.69, 9.17) is 15.1 Å². The third-order valence-corrected chi connectivity index (χ3v) is 7.23. The third kappa shape index (κ3) is 4.48. The molecule has 1 unspecified atom stereocenters. The molecular weight excluding hydrogens is 412 g/mol. The van der Waals surface area contributed by atoms with Gasteiger partial charge in [0.15, 0.2) is 5.82 Å². The molecule has 1 aliphatic carbocycles. The van der Waals surface area contributed by atoms with E-state index >= 15 is 0 Å². The summed E-state index contributed by atoms with van der Waals surface area (Å²) in [6, 6.07) is 2.11. The van der Waals surface area contributed by atoms with Crippen LogP contribution in [0.2, 0.25) is 0 Å². The molecule has 0 radical (unpaired) electrons. The van der Waals surface area contributed by atoms with Crippen molar-refractivity contribution in [2.24, 2.45) is 5.92 Å². The molecule has 0 amide bonds. The molecule has 2 aliphatic rings. The first-order chi connectivity index (χ1) is 16.1. The maximum atomic E-state index is 5.00. The molecule has 1 N–H and O–H groups in total.